The molecule has 0 aliphatic heterocycles. The van der Waals surface area contributed by atoms with Crippen molar-refractivity contribution in [1.82, 2.24) is 0 Å². The van der Waals surface area contributed by atoms with Crippen LogP contribution in [0.4, 0.5) is 0 Å². The van der Waals surface area contributed by atoms with Gasteiger partial charge in [0.25, 0.3) is 0 Å². The average Bonchev–Trinajstić information content (AvgIpc) is 1.92. The average molecular weight is 127 g/mol. The van der Waals surface area contributed by atoms with E-state index >= 15 is 0 Å². The van der Waals surface area contributed by atoms with Crippen LogP contribution in [-0.4, -0.2) is 11.1 Å². The maximum Gasteiger partial charge on any atom is 0.309 e. The first-order valence-electron chi connectivity index (χ1n) is 7.18. The topological polar surface area (TPSA) is 37.3 Å². The Kier molecular flexibility index (Phi) is 0.276. The molecule has 0 radical (unpaired) electrons. The molecule has 0 rings (SSSR count). The standard InChI is InChI=1S/C6H12O2/c1-4-6(2,3)5(7)8/h4H2,1-3H3,(H,7,8)/i1D3,2D3,3D3,4D2. The number of carboxylic acid groups (broad SMARTS) is 1. The Labute approximate surface area is 65.0 Å². The van der Waals surface area contributed by atoms with Crippen LogP contribution in [0.2, 0.25) is 0 Å². The van der Waals surface area contributed by atoms with Crippen molar-refractivity contribution in [2.24, 2.45) is 5.41 Å². The molecule has 2 nitrogen and oxygen atoms in total. The number of carbonyl (C=O) groups is 1. The van der Waals surface area contributed by atoms with Crippen molar-refractivity contribution < 1.29 is 25.0 Å². The summed E-state index contributed by atoms with van der Waals surface area (Å²) >= 11 is 0. The fraction of sp³-hybridized carbons (Fsp3) is 0.833. The molecular formula is C6H12O2. The molecule has 0 aliphatic carbocycles. The summed E-state index contributed by atoms with van der Waals surface area (Å²) in [6.45, 7) is -11.5. The van der Waals surface area contributed by atoms with Gasteiger partial charge in [-0.25, -0.2) is 0 Å². The van der Waals surface area contributed by atoms with E-state index in [0.717, 1.165) is 0 Å². The van der Waals surface area contributed by atoms with Gasteiger partial charge in [-0.15, -0.1) is 0 Å². The van der Waals surface area contributed by atoms with E-state index in [2.05, 4.69) is 0 Å². The normalized spacial score (nSPS) is 38.2. The molecule has 0 aromatic heterocycles. The van der Waals surface area contributed by atoms with E-state index in [9.17, 15) is 4.79 Å². The SMILES string of the molecule is [2H]C([2H])([2H])C([2H])([2H])C(C(=O)O)(C([2H])([2H])[2H])C([2H])([2H])[2H]. The van der Waals surface area contributed by atoms with E-state index in [1.807, 2.05) is 0 Å². The molecule has 0 heterocycles. The molecule has 0 atom stereocenters. The summed E-state index contributed by atoms with van der Waals surface area (Å²) in [5, 5.41) is 8.98. The second kappa shape index (κ2) is 2.16. The molecule has 1 N–H and O–H groups in total. The summed E-state index contributed by atoms with van der Waals surface area (Å²) in [6.07, 6.45) is -3.98. The Hall–Kier alpha value is -0.530. The third-order valence-electron chi connectivity index (χ3n) is 0.508. The first kappa shape index (κ1) is 1.02. The van der Waals surface area contributed by atoms with E-state index < -0.39 is 38.3 Å². The van der Waals surface area contributed by atoms with E-state index in [0.29, 0.717) is 0 Å². The smallest absolute Gasteiger partial charge is 0.309 e. The lowest BCUT2D eigenvalue weighted by atomic mass is 9.91. The summed E-state index contributed by atoms with van der Waals surface area (Å²) in [4.78, 5) is 11.2. The molecule has 0 saturated heterocycles. The minimum absolute atomic E-state index is 2.55. The molecule has 0 bridgehead atoms. The van der Waals surface area contributed by atoms with Crippen LogP contribution in [0.5, 0.6) is 0 Å². The second-order valence-electron chi connectivity index (χ2n) is 1.18. The minimum atomic E-state index is -4.06. The lowest BCUT2D eigenvalue weighted by Crippen LogP contribution is -2.21. The molecule has 0 aliphatic rings. The van der Waals surface area contributed by atoms with Gasteiger partial charge in [0.05, 0.1) is 5.41 Å². The molecule has 0 fully saturated rings. The molecule has 2 heteroatoms. The van der Waals surface area contributed by atoms with Crippen LogP contribution in [0.1, 0.15) is 42.0 Å². The zero-order valence-corrected chi connectivity index (χ0v) is 3.86. The number of hydrogen-bond acceptors (Lipinski definition) is 1. The van der Waals surface area contributed by atoms with Crippen molar-refractivity contribution in [3.63, 3.8) is 0 Å². The summed E-state index contributed by atoms with van der Waals surface area (Å²) in [5.41, 5.74) is -4.06. The highest BCUT2D eigenvalue weighted by atomic mass is 16.4. The predicted molar refractivity (Wildman–Crippen MR) is 31.7 cm³/mol. The number of rotatable bonds is 2. The lowest BCUT2D eigenvalue weighted by Gasteiger charge is -2.14. The van der Waals surface area contributed by atoms with Gasteiger partial charge in [-0.05, 0) is 20.1 Å². The molecular weight excluding hydrogens is 104 g/mol. The van der Waals surface area contributed by atoms with Crippen molar-refractivity contribution in [2.45, 2.75) is 26.9 Å². The minimum Gasteiger partial charge on any atom is -0.481 e. The summed E-state index contributed by atoms with van der Waals surface area (Å²) < 4.78 is 77.8. The number of carboxylic acids is 1. The zero-order valence-electron chi connectivity index (χ0n) is 14.9. The van der Waals surface area contributed by atoms with Crippen LogP contribution in [-0.2, 0) is 4.79 Å². The second-order valence-corrected chi connectivity index (χ2v) is 1.18. The third-order valence-corrected chi connectivity index (χ3v) is 0.508. The Morgan fingerprint density at radius 3 is 2.75 bits per heavy atom. The quantitative estimate of drug-likeness (QED) is 0.610. The van der Waals surface area contributed by atoms with E-state index in [1.165, 1.54) is 0 Å². The maximum atomic E-state index is 11.2. The first-order valence-corrected chi connectivity index (χ1v) is 1.68. The highest BCUT2D eigenvalue weighted by Gasteiger charge is 2.23. The molecule has 0 saturated carbocycles. The van der Waals surface area contributed by atoms with Crippen molar-refractivity contribution >= 4 is 5.97 Å². The molecule has 8 heavy (non-hydrogen) atoms. The largest absolute Gasteiger partial charge is 0.481 e. The molecule has 0 aromatic carbocycles. The molecule has 0 unspecified atom stereocenters. The van der Waals surface area contributed by atoms with Gasteiger partial charge in [0.2, 0.25) is 0 Å². The fourth-order valence-corrected chi connectivity index (χ4v) is 0.0535. The van der Waals surface area contributed by atoms with Gasteiger partial charge in [-0.2, -0.15) is 0 Å². The Bertz CT molecular complexity index is 345. The molecule has 0 aromatic rings. The van der Waals surface area contributed by atoms with Gasteiger partial charge in [-0.1, -0.05) is 6.85 Å². The van der Waals surface area contributed by atoms with Crippen LogP contribution in [0.25, 0.3) is 0 Å². The van der Waals surface area contributed by atoms with E-state index in [1.54, 1.807) is 0 Å². The third kappa shape index (κ3) is 1.52. The van der Waals surface area contributed by atoms with Crippen molar-refractivity contribution in [1.29, 1.82) is 0 Å². The van der Waals surface area contributed by atoms with Crippen LogP contribution in [0.3, 0.4) is 0 Å². The van der Waals surface area contributed by atoms with Gasteiger partial charge in [0.1, 0.15) is 0 Å². The van der Waals surface area contributed by atoms with E-state index in [-0.39, 0.29) is 0 Å². The van der Waals surface area contributed by atoms with Gasteiger partial charge >= 0.3 is 5.97 Å². The predicted octanol–water partition coefficient (Wildman–Crippen LogP) is 1.51. The van der Waals surface area contributed by atoms with Gasteiger partial charge < -0.3 is 5.11 Å². The summed E-state index contributed by atoms with van der Waals surface area (Å²) in [6, 6.07) is 0. The van der Waals surface area contributed by atoms with Crippen molar-refractivity contribution in [2.75, 3.05) is 0 Å². The van der Waals surface area contributed by atoms with E-state index in [4.69, 9.17) is 20.2 Å². The van der Waals surface area contributed by atoms with Crippen LogP contribution >= 0.6 is 0 Å². The van der Waals surface area contributed by atoms with Crippen LogP contribution in [0, 0.1) is 5.41 Å². The van der Waals surface area contributed by atoms with Crippen LogP contribution < -0.4 is 0 Å². The highest BCUT2D eigenvalue weighted by Crippen LogP contribution is 2.18. The monoisotopic (exact) mass is 127 g/mol. The summed E-state index contributed by atoms with van der Waals surface area (Å²) in [5.74, 6) is -2.55. The number of aliphatic carboxylic acids is 1. The lowest BCUT2D eigenvalue weighted by molar-refractivity contribution is -0.147. The first-order chi connectivity index (χ1) is 7.94. The van der Waals surface area contributed by atoms with Gasteiger partial charge in [-0.3, -0.25) is 4.79 Å². The fourth-order valence-electron chi connectivity index (χ4n) is 0.0535. The Morgan fingerprint density at radius 2 is 2.62 bits per heavy atom. The molecule has 0 spiro atoms. The zero-order chi connectivity index (χ0) is 16.1. The summed E-state index contributed by atoms with van der Waals surface area (Å²) in [7, 11) is 0. The van der Waals surface area contributed by atoms with Gasteiger partial charge in [0.15, 0.2) is 0 Å². The van der Waals surface area contributed by atoms with Crippen molar-refractivity contribution in [3.8, 4) is 0 Å². The van der Waals surface area contributed by atoms with Gasteiger partial charge in [0, 0.05) is 15.1 Å². The molecule has 0 amide bonds. The molecule has 48 valence electrons. The number of hydrogen-bond donors (Lipinski definition) is 1. The highest BCUT2D eigenvalue weighted by molar-refractivity contribution is 5.73. The Balaban J connectivity index is 6.63. The Morgan fingerprint density at radius 1 is 2.00 bits per heavy atom. The van der Waals surface area contributed by atoms with Crippen molar-refractivity contribution in [3.05, 3.63) is 0 Å². The maximum absolute atomic E-state index is 11.2. The van der Waals surface area contributed by atoms with Crippen LogP contribution in [0.15, 0.2) is 0 Å².